The van der Waals surface area contributed by atoms with Gasteiger partial charge in [-0.05, 0) is 30.7 Å². The SMILES string of the molecule is C=C/C=C(\C=C(/C)C=O)c1cnc2ccc(Cl)nn12. The lowest BCUT2D eigenvalue weighted by Gasteiger charge is -2.02. The molecule has 2 aromatic rings. The zero-order chi connectivity index (χ0) is 13.8. The summed E-state index contributed by atoms with van der Waals surface area (Å²) in [6.45, 7) is 5.40. The fourth-order valence-electron chi connectivity index (χ4n) is 1.66. The van der Waals surface area contributed by atoms with Crippen molar-refractivity contribution in [3.8, 4) is 0 Å². The molecule has 0 saturated carbocycles. The smallest absolute Gasteiger partial charge is 0.154 e. The Morgan fingerprint density at radius 2 is 2.26 bits per heavy atom. The standard InChI is InChI=1S/C14H12ClN3O/c1-3-4-11(7-10(2)9-19)12-8-16-14-6-5-13(15)17-18(12)14/h3-9H,1H2,2H3/b10-7+,11-4+. The number of carbonyl (C=O) groups is 1. The van der Waals surface area contributed by atoms with Crippen molar-refractivity contribution in [3.63, 3.8) is 0 Å². The van der Waals surface area contributed by atoms with Gasteiger partial charge in [0, 0.05) is 5.57 Å². The Hall–Kier alpha value is -2.20. The van der Waals surface area contributed by atoms with Crippen LogP contribution in [0.5, 0.6) is 0 Å². The molecule has 0 fully saturated rings. The van der Waals surface area contributed by atoms with Crippen LogP contribution < -0.4 is 0 Å². The Labute approximate surface area is 115 Å². The second-order valence-corrected chi connectivity index (χ2v) is 4.32. The number of halogens is 1. The van der Waals surface area contributed by atoms with Gasteiger partial charge in [-0.1, -0.05) is 30.3 Å². The largest absolute Gasteiger partial charge is 0.298 e. The fraction of sp³-hybridized carbons (Fsp3) is 0.0714. The number of hydrogen-bond donors (Lipinski definition) is 0. The summed E-state index contributed by atoms with van der Waals surface area (Å²) >= 11 is 5.89. The number of hydrogen-bond acceptors (Lipinski definition) is 3. The molecule has 96 valence electrons. The third-order valence-corrected chi connectivity index (χ3v) is 2.69. The molecule has 0 aliphatic heterocycles. The Kier molecular flexibility index (Phi) is 3.92. The number of rotatable bonds is 4. The highest BCUT2D eigenvalue weighted by Gasteiger charge is 2.08. The van der Waals surface area contributed by atoms with Crippen molar-refractivity contribution in [2.24, 2.45) is 0 Å². The summed E-state index contributed by atoms with van der Waals surface area (Å²) in [6, 6.07) is 3.46. The minimum Gasteiger partial charge on any atom is -0.298 e. The Bertz CT molecular complexity index is 698. The average molecular weight is 274 g/mol. The summed E-state index contributed by atoms with van der Waals surface area (Å²) in [5.41, 5.74) is 2.83. The Balaban J connectivity index is 2.63. The maximum atomic E-state index is 10.8. The lowest BCUT2D eigenvalue weighted by atomic mass is 10.1. The first-order valence-corrected chi connectivity index (χ1v) is 6.00. The van der Waals surface area contributed by atoms with Gasteiger partial charge < -0.3 is 0 Å². The monoisotopic (exact) mass is 273 g/mol. The summed E-state index contributed by atoms with van der Waals surface area (Å²) < 4.78 is 1.63. The number of carbonyl (C=O) groups excluding carboxylic acids is 1. The van der Waals surface area contributed by atoms with Crippen molar-refractivity contribution in [1.82, 2.24) is 14.6 Å². The molecule has 2 heterocycles. The van der Waals surface area contributed by atoms with E-state index in [1.807, 2.05) is 0 Å². The van der Waals surface area contributed by atoms with E-state index in [0.717, 1.165) is 17.6 Å². The predicted octanol–water partition coefficient (Wildman–Crippen LogP) is 3.10. The van der Waals surface area contributed by atoms with E-state index in [4.69, 9.17) is 11.6 Å². The third-order valence-electron chi connectivity index (χ3n) is 2.49. The van der Waals surface area contributed by atoms with E-state index < -0.39 is 0 Å². The third kappa shape index (κ3) is 2.80. The van der Waals surface area contributed by atoms with Crippen LogP contribution in [0, 0.1) is 0 Å². The first kappa shape index (κ1) is 13.2. The molecule has 0 N–H and O–H groups in total. The minimum absolute atomic E-state index is 0.376. The molecule has 0 saturated heterocycles. The molecule has 2 rings (SSSR count). The van der Waals surface area contributed by atoms with Crippen LogP contribution >= 0.6 is 11.6 Å². The molecule has 5 heteroatoms. The molecule has 0 aliphatic rings. The molecular weight excluding hydrogens is 262 g/mol. The van der Waals surface area contributed by atoms with E-state index in [0.29, 0.717) is 16.4 Å². The van der Waals surface area contributed by atoms with Crippen molar-refractivity contribution in [3.05, 3.63) is 59.6 Å². The van der Waals surface area contributed by atoms with Crippen LogP contribution in [0.25, 0.3) is 11.2 Å². The summed E-state index contributed by atoms with van der Waals surface area (Å²) in [7, 11) is 0. The van der Waals surface area contributed by atoms with Crippen LogP contribution in [0.4, 0.5) is 0 Å². The van der Waals surface area contributed by atoms with Crippen molar-refractivity contribution in [2.45, 2.75) is 6.92 Å². The quantitative estimate of drug-likeness (QED) is 0.489. The van der Waals surface area contributed by atoms with Gasteiger partial charge in [-0.3, -0.25) is 4.79 Å². The summed E-state index contributed by atoms with van der Waals surface area (Å²) in [6.07, 6.45) is 7.66. The summed E-state index contributed by atoms with van der Waals surface area (Å²) in [5, 5.41) is 4.57. The van der Waals surface area contributed by atoms with Gasteiger partial charge in [0.1, 0.15) is 11.4 Å². The minimum atomic E-state index is 0.376. The van der Waals surface area contributed by atoms with Crippen molar-refractivity contribution < 1.29 is 4.79 Å². The maximum Gasteiger partial charge on any atom is 0.154 e. The van der Waals surface area contributed by atoms with E-state index in [1.54, 1.807) is 48.0 Å². The summed E-state index contributed by atoms with van der Waals surface area (Å²) in [4.78, 5) is 15.0. The van der Waals surface area contributed by atoms with E-state index in [2.05, 4.69) is 16.7 Å². The van der Waals surface area contributed by atoms with Crippen LogP contribution in [-0.2, 0) is 4.79 Å². The molecule has 0 spiro atoms. The molecule has 19 heavy (non-hydrogen) atoms. The number of allylic oxidation sites excluding steroid dienone is 5. The van der Waals surface area contributed by atoms with Crippen LogP contribution in [0.1, 0.15) is 12.6 Å². The zero-order valence-electron chi connectivity index (χ0n) is 10.4. The lowest BCUT2D eigenvalue weighted by molar-refractivity contribution is -0.104. The highest BCUT2D eigenvalue weighted by molar-refractivity contribution is 6.29. The van der Waals surface area contributed by atoms with Crippen LogP contribution in [0.2, 0.25) is 5.15 Å². The number of nitrogens with zero attached hydrogens (tertiary/aromatic N) is 3. The summed E-state index contributed by atoms with van der Waals surface area (Å²) in [5.74, 6) is 0. The number of aromatic nitrogens is 3. The second-order valence-electron chi connectivity index (χ2n) is 3.93. The van der Waals surface area contributed by atoms with Gasteiger partial charge >= 0.3 is 0 Å². The number of fused-ring (bicyclic) bond motifs is 1. The van der Waals surface area contributed by atoms with Gasteiger partial charge in [-0.25, -0.2) is 9.50 Å². The van der Waals surface area contributed by atoms with E-state index in [-0.39, 0.29) is 0 Å². The molecule has 2 aromatic heterocycles. The molecule has 4 nitrogen and oxygen atoms in total. The first-order chi connectivity index (χ1) is 9.15. The molecular formula is C14H12ClN3O. The molecule has 0 radical (unpaired) electrons. The van der Waals surface area contributed by atoms with Gasteiger partial charge in [0.15, 0.2) is 5.65 Å². The normalized spacial score (nSPS) is 12.7. The molecule has 0 bridgehead atoms. The van der Waals surface area contributed by atoms with Crippen molar-refractivity contribution in [1.29, 1.82) is 0 Å². The van der Waals surface area contributed by atoms with Crippen LogP contribution in [0.3, 0.4) is 0 Å². The van der Waals surface area contributed by atoms with E-state index in [1.165, 1.54) is 0 Å². The Morgan fingerprint density at radius 3 is 2.95 bits per heavy atom. The molecule has 0 aromatic carbocycles. The molecule has 0 unspecified atom stereocenters. The van der Waals surface area contributed by atoms with Gasteiger partial charge in [0.05, 0.1) is 11.9 Å². The van der Waals surface area contributed by atoms with Gasteiger partial charge in [-0.15, -0.1) is 0 Å². The highest BCUT2D eigenvalue weighted by atomic mass is 35.5. The van der Waals surface area contributed by atoms with Gasteiger partial charge in [0.25, 0.3) is 0 Å². The predicted molar refractivity (Wildman–Crippen MR) is 76.0 cm³/mol. The second kappa shape index (κ2) is 5.63. The zero-order valence-corrected chi connectivity index (χ0v) is 11.1. The van der Waals surface area contributed by atoms with Crippen molar-refractivity contribution >= 4 is 29.1 Å². The molecule has 0 aliphatic carbocycles. The topological polar surface area (TPSA) is 47.3 Å². The highest BCUT2D eigenvalue weighted by Crippen LogP contribution is 2.19. The van der Waals surface area contributed by atoms with Crippen molar-refractivity contribution in [2.75, 3.05) is 0 Å². The average Bonchev–Trinajstić information content (AvgIpc) is 2.80. The van der Waals surface area contributed by atoms with Crippen LogP contribution in [0.15, 0.2) is 48.7 Å². The van der Waals surface area contributed by atoms with E-state index in [9.17, 15) is 4.79 Å². The fourth-order valence-corrected chi connectivity index (χ4v) is 1.80. The van der Waals surface area contributed by atoms with Gasteiger partial charge in [0.2, 0.25) is 0 Å². The molecule has 0 atom stereocenters. The van der Waals surface area contributed by atoms with Gasteiger partial charge in [-0.2, -0.15) is 5.10 Å². The van der Waals surface area contributed by atoms with Crippen LogP contribution in [-0.4, -0.2) is 20.9 Å². The molecule has 0 amide bonds. The van der Waals surface area contributed by atoms with E-state index >= 15 is 0 Å². The number of imidazole rings is 1. The lowest BCUT2D eigenvalue weighted by Crippen LogP contribution is -1.97. The maximum absolute atomic E-state index is 10.8. The first-order valence-electron chi connectivity index (χ1n) is 5.62. The number of aldehydes is 1. The Morgan fingerprint density at radius 1 is 1.47 bits per heavy atom.